The number of nitrogens with one attached hydrogen (secondary N) is 1. The largest absolute Gasteiger partial charge is 0.396 e. The number of carbonyl (C=O) groups excluding carboxylic acids is 1. The van der Waals surface area contributed by atoms with E-state index in [2.05, 4.69) is 20.5 Å². The zero-order valence-corrected chi connectivity index (χ0v) is 14.1. The number of allylic oxidation sites excluding steroid dienone is 1. The number of benzene rings is 1. The van der Waals surface area contributed by atoms with Gasteiger partial charge in [0.05, 0.1) is 24.0 Å². The summed E-state index contributed by atoms with van der Waals surface area (Å²) in [5.41, 5.74) is 7.60. The van der Waals surface area contributed by atoms with Crippen LogP contribution >= 0.6 is 0 Å². The molecule has 3 N–H and O–H groups in total. The van der Waals surface area contributed by atoms with Crippen molar-refractivity contribution in [2.24, 2.45) is 15.7 Å². The molecule has 134 valence electrons. The summed E-state index contributed by atoms with van der Waals surface area (Å²) >= 11 is 0. The van der Waals surface area contributed by atoms with Gasteiger partial charge in [0.25, 0.3) is 0 Å². The lowest BCUT2D eigenvalue weighted by Crippen LogP contribution is -2.40. The van der Waals surface area contributed by atoms with Crippen molar-refractivity contribution in [3.63, 3.8) is 0 Å². The molecule has 0 radical (unpaired) electrons. The first-order valence-corrected chi connectivity index (χ1v) is 8.06. The van der Waals surface area contributed by atoms with E-state index in [9.17, 15) is 9.18 Å². The first kappa shape index (κ1) is 17.5. The molecule has 0 bridgehead atoms. The Balaban J connectivity index is 1.91. The molecule has 1 unspecified atom stereocenters. The van der Waals surface area contributed by atoms with Crippen LogP contribution < -0.4 is 11.1 Å². The first-order valence-electron chi connectivity index (χ1n) is 8.06. The van der Waals surface area contributed by atoms with Crippen molar-refractivity contribution in [2.75, 3.05) is 0 Å². The molecule has 8 heteroatoms. The lowest BCUT2D eigenvalue weighted by molar-refractivity contribution is -0.120. The number of carbonyl (C=O) groups is 1. The predicted octanol–water partition coefficient (Wildman–Crippen LogP) is 1.95. The quantitative estimate of drug-likeness (QED) is 0.800. The number of halogens is 1. The maximum absolute atomic E-state index is 13.8. The van der Waals surface area contributed by atoms with Gasteiger partial charge in [-0.05, 0) is 19.1 Å². The number of aromatic nitrogens is 1. The monoisotopic (exact) mass is 355 g/mol. The Kier molecular flexibility index (Phi) is 5.21. The molecule has 1 aliphatic rings. The van der Waals surface area contributed by atoms with Crippen molar-refractivity contribution in [1.82, 2.24) is 10.5 Å². The Morgan fingerprint density at radius 1 is 1.46 bits per heavy atom. The van der Waals surface area contributed by atoms with Gasteiger partial charge in [-0.25, -0.2) is 4.39 Å². The van der Waals surface area contributed by atoms with Crippen LogP contribution in [0.4, 0.5) is 4.39 Å². The highest BCUT2D eigenvalue weighted by Gasteiger charge is 2.19. The zero-order valence-electron chi connectivity index (χ0n) is 14.1. The van der Waals surface area contributed by atoms with E-state index in [1.165, 1.54) is 18.4 Å². The topological polar surface area (TPSA) is 106 Å². The van der Waals surface area contributed by atoms with Gasteiger partial charge in [0.15, 0.2) is 5.84 Å². The fraction of sp³-hybridized carbons (Fsp3) is 0.222. The molecule has 1 aliphatic heterocycles. The third-order valence-electron chi connectivity index (χ3n) is 3.73. The second-order valence-corrected chi connectivity index (χ2v) is 5.86. The van der Waals surface area contributed by atoms with Crippen LogP contribution in [-0.2, 0) is 11.3 Å². The highest BCUT2D eigenvalue weighted by Crippen LogP contribution is 2.11. The van der Waals surface area contributed by atoms with Crippen molar-refractivity contribution >= 4 is 17.5 Å². The maximum atomic E-state index is 13.8. The summed E-state index contributed by atoms with van der Waals surface area (Å²) in [6, 6.07) is 7.84. The molecule has 0 spiro atoms. The molecule has 7 nitrogen and oxygen atoms in total. The number of amidine groups is 1. The molecule has 0 aliphatic carbocycles. The van der Waals surface area contributed by atoms with Crippen LogP contribution in [0.5, 0.6) is 0 Å². The molecule has 2 heterocycles. The summed E-state index contributed by atoms with van der Waals surface area (Å²) in [7, 11) is 0. The van der Waals surface area contributed by atoms with E-state index in [4.69, 9.17) is 10.3 Å². The van der Waals surface area contributed by atoms with Crippen LogP contribution in [0, 0.1) is 5.82 Å². The zero-order chi connectivity index (χ0) is 18.5. The van der Waals surface area contributed by atoms with E-state index in [1.807, 2.05) is 6.92 Å². The lowest BCUT2D eigenvalue weighted by atomic mass is 10.1. The number of aliphatic imine (C=N–C) groups is 2. The predicted molar refractivity (Wildman–Crippen MR) is 95.1 cm³/mol. The van der Waals surface area contributed by atoms with Gasteiger partial charge in [-0.1, -0.05) is 23.4 Å². The molecule has 1 aromatic carbocycles. The van der Waals surface area contributed by atoms with E-state index in [-0.39, 0.29) is 35.8 Å². The molecule has 1 amide bonds. The molecule has 26 heavy (non-hydrogen) atoms. The third-order valence-corrected chi connectivity index (χ3v) is 3.73. The van der Waals surface area contributed by atoms with Crippen molar-refractivity contribution in [1.29, 1.82) is 0 Å². The molecule has 0 saturated heterocycles. The summed E-state index contributed by atoms with van der Waals surface area (Å²) in [6.45, 7) is 1.94. The summed E-state index contributed by atoms with van der Waals surface area (Å²) in [4.78, 5) is 20.4. The van der Waals surface area contributed by atoms with Gasteiger partial charge < -0.3 is 15.6 Å². The summed E-state index contributed by atoms with van der Waals surface area (Å²) in [5, 5.41) is 6.49. The summed E-state index contributed by atoms with van der Waals surface area (Å²) in [5.74, 6) is -0.202. The van der Waals surface area contributed by atoms with Gasteiger partial charge in [0.2, 0.25) is 5.91 Å². The van der Waals surface area contributed by atoms with Crippen molar-refractivity contribution in [2.45, 2.75) is 25.9 Å². The normalized spacial score (nSPS) is 18.5. The van der Waals surface area contributed by atoms with Crippen LogP contribution in [0.25, 0.3) is 0 Å². The second-order valence-electron chi connectivity index (χ2n) is 5.86. The fourth-order valence-electron chi connectivity index (χ4n) is 2.45. The Labute approximate surface area is 149 Å². The van der Waals surface area contributed by atoms with E-state index in [0.717, 1.165) is 0 Å². The van der Waals surface area contributed by atoms with Gasteiger partial charge in [-0.3, -0.25) is 14.8 Å². The Hall–Kier alpha value is -3.29. The average molecular weight is 355 g/mol. The summed E-state index contributed by atoms with van der Waals surface area (Å²) < 4.78 is 18.7. The number of nitrogens with zero attached hydrogens (tertiary/aromatic N) is 3. The first-order chi connectivity index (χ1) is 12.5. The van der Waals surface area contributed by atoms with E-state index in [0.29, 0.717) is 23.4 Å². The minimum Gasteiger partial charge on any atom is -0.396 e. The Bertz CT molecular complexity index is 887. The number of nitrogens with two attached hydrogens (primary N) is 1. The minimum absolute atomic E-state index is 0.105. The van der Waals surface area contributed by atoms with Gasteiger partial charge in [0, 0.05) is 18.1 Å². The van der Waals surface area contributed by atoms with Crippen LogP contribution in [0.3, 0.4) is 0 Å². The Morgan fingerprint density at radius 2 is 2.27 bits per heavy atom. The number of hydrogen-bond acceptors (Lipinski definition) is 6. The molecular formula is C18H18FN5O2. The van der Waals surface area contributed by atoms with Crippen LogP contribution in [0.1, 0.15) is 24.6 Å². The minimum atomic E-state index is -0.342. The van der Waals surface area contributed by atoms with E-state index >= 15 is 0 Å². The molecule has 0 fully saturated rings. The van der Waals surface area contributed by atoms with Crippen molar-refractivity contribution < 1.29 is 13.7 Å². The van der Waals surface area contributed by atoms with E-state index in [1.54, 1.807) is 24.3 Å². The van der Waals surface area contributed by atoms with Gasteiger partial charge in [-0.2, -0.15) is 0 Å². The van der Waals surface area contributed by atoms with Crippen molar-refractivity contribution in [3.05, 3.63) is 65.4 Å². The van der Waals surface area contributed by atoms with Gasteiger partial charge in [0.1, 0.15) is 17.8 Å². The number of rotatable bonds is 5. The second kappa shape index (κ2) is 7.73. The maximum Gasteiger partial charge on any atom is 0.227 e. The van der Waals surface area contributed by atoms with Crippen LogP contribution in [0.15, 0.2) is 62.9 Å². The molecule has 3 rings (SSSR count). The average Bonchev–Trinajstić information content (AvgIpc) is 3.13. The molecule has 0 saturated carbocycles. The molecular weight excluding hydrogens is 337 g/mol. The fourth-order valence-corrected chi connectivity index (χ4v) is 2.45. The number of amides is 1. The van der Waals surface area contributed by atoms with Crippen LogP contribution in [-0.4, -0.2) is 28.7 Å². The summed E-state index contributed by atoms with van der Waals surface area (Å²) in [6.07, 6.45) is 3.25. The molecule has 1 atom stereocenters. The SMILES string of the molecule is CC1CC(=O)NC(C(N)=CC(=NCc2ccccc2F)c2ccon2)=N1. The van der Waals surface area contributed by atoms with Crippen LogP contribution in [0.2, 0.25) is 0 Å². The molecule has 1 aromatic heterocycles. The highest BCUT2D eigenvalue weighted by atomic mass is 19.1. The third kappa shape index (κ3) is 4.21. The standard InChI is InChI=1S/C18H18FN5O2/c1-11-8-17(25)23-18(22-11)14(20)9-16(15-6-7-26-24-15)21-10-12-4-2-3-5-13(12)19/h2-7,9,11H,8,10,20H2,1H3,(H,22,23,25). The number of hydrogen-bond donors (Lipinski definition) is 2. The molecule has 2 aromatic rings. The Morgan fingerprint density at radius 3 is 2.96 bits per heavy atom. The van der Waals surface area contributed by atoms with Crippen molar-refractivity contribution in [3.8, 4) is 0 Å². The lowest BCUT2D eigenvalue weighted by Gasteiger charge is -2.18. The van der Waals surface area contributed by atoms with E-state index < -0.39 is 0 Å². The van der Waals surface area contributed by atoms with Gasteiger partial charge >= 0.3 is 0 Å². The highest BCUT2D eigenvalue weighted by molar-refractivity contribution is 6.15. The smallest absolute Gasteiger partial charge is 0.227 e. The van der Waals surface area contributed by atoms with Gasteiger partial charge in [-0.15, -0.1) is 0 Å².